The fourth-order valence-corrected chi connectivity index (χ4v) is 3.94. The van der Waals surface area contributed by atoms with Gasteiger partial charge in [-0.1, -0.05) is 48.2 Å². The van der Waals surface area contributed by atoms with Gasteiger partial charge in [0.1, 0.15) is 10.1 Å². The lowest BCUT2D eigenvalue weighted by atomic mass is 10.1. The number of benzene rings is 2. The van der Waals surface area contributed by atoms with Crippen molar-refractivity contribution in [2.45, 2.75) is 6.42 Å². The highest BCUT2D eigenvalue weighted by Crippen LogP contribution is 2.34. The molecule has 0 aromatic heterocycles. The lowest BCUT2D eigenvalue weighted by Gasteiger charge is -2.14. The molecule has 1 aliphatic heterocycles. The van der Waals surface area contributed by atoms with E-state index in [0.29, 0.717) is 27.8 Å². The number of methoxy groups -OCH3 is 1. The number of carbonyl (C=O) groups excluding carboxylic acids is 1. The van der Waals surface area contributed by atoms with E-state index in [2.05, 4.69) is 0 Å². The second-order valence-electron chi connectivity index (χ2n) is 5.75. The first-order chi connectivity index (χ1) is 13.0. The Morgan fingerprint density at radius 2 is 1.93 bits per heavy atom. The first-order valence-corrected chi connectivity index (χ1v) is 9.34. The van der Waals surface area contributed by atoms with E-state index in [0.717, 1.165) is 23.1 Å². The van der Waals surface area contributed by atoms with Crippen LogP contribution >= 0.6 is 24.0 Å². The number of nitro groups is 1. The number of thioether (sulfide) groups is 1. The second-order valence-corrected chi connectivity index (χ2v) is 7.42. The van der Waals surface area contributed by atoms with Gasteiger partial charge < -0.3 is 4.74 Å². The van der Waals surface area contributed by atoms with Crippen LogP contribution in [0.5, 0.6) is 5.75 Å². The molecule has 0 spiro atoms. The van der Waals surface area contributed by atoms with Crippen LogP contribution in [0.3, 0.4) is 0 Å². The molecule has 27 heavy (non-hydrogen) atoms. The maximum Gasteiger partial charge on any atom is 0.276 e. The van der Waals surface area contributed by atoms with E-state index in [1.807, 2.05) is 24.3 Å². The van der Waals surface area contributed by atoms with Gasteiger partial charge >= 0.3 is 0 Å². The first-order valence-electron chi connectivity index (χ1n) is 8.11. The number of nitrogens with zero attached hydrogens (tertiary/aromatic N) is 2. The third kappa shape index (κ3) is 4.35. The second kappa shape index (κ2) is 8.32. The normalized spacial score (nSPS) is 15.4. The zero-order valence-corrected chi connectivity index (χ0v) is 16.1. The van der Waals surface area contributed by atoms with Crippen molar-refractivity contribution in [3.63, 3.8) is 0 Å². The zero-order valence-electron chi connectivity index (χ0n) is 14.5. The average Bonchev–Trinajstić information content (AvgIpc) is 2.94. The Kier molecular flexibility index (Phi) is 5.88. The van der Waals surface area contributed by atoms with Crippen LogP contribution < -0.4 is 4.74 Å². The molecule has 3 rings (SSSR count). The molecular formula is C19H16N2O4S2. The van der Waals surface area contributed by atoms with E-state index in [4.69, 9.17) is 17.0 Å². The van der Waals surface area contributed by atoms with Gasteiger partial charge in [0.15, 0.2) is 0 Å². The molecule has 1 fully saturated rings. The Labute approximate surface area is 166 Å². The summed E-state index contributed by atoms with van der Waals surface area (Å²) in [5, 5.41) is 11.2. The van der Waals surface area contributed by atoms with Gasteiger partial charge in [0, 0.05) is 12.6 Å². The standard InChI is InChI=1S/C19H16N2O4S2/c1-25-15-8-6-13(7-9-15)10-11-20-18(22)17(27-19(20)26)12-14-4-2-3-5-16(14)21(23)24/h2-9,12H,10-11H2,1H3/b17-12-. The molecule has 0 saturated carbocycles. The number of hydrogen-bond acceptors (Lipinski definition) is 6. The van der Waals surface area contributed by atoms with Crippen LogP contribution in [0.4, 0.5) is 5.69 Å². The highest BCUT2D eigenvalue weighted by atomic mass is 32.2. The van der Waals surface area contributed by atoms with Gasteiger partial charge in [-0.15, -0.1) is 0 Å². The Morgan fingerprint density at radius 1 is 1.22 bits per heavy atom. The highest BCUT2D eigenvalue weighted by Gasteiger charge is 2.32. The van der Waals surface area contributed by atoms with Crippen LogP contribution in [0.1, 0.15) is 11.1 Å². The van der Waals surface area contributed by atoms with Gasteiger partial charge in [0.2, 0.25) is 0 Å². The van der Waals surface area contributed by atoms with Gasteiger partial charge in [-0.3, -0.25) is 19.8 Å². The Hall–Kier alpha value is -2.71. The number of ether oxygens (including phenoxy) is 1. The average molecular weight is 400 g/mol. The van der Waals surface area contributed by atoms with Gasteiger partial charge in [-0.25, -0.2) is 0 Å². The summed E-state index contributed by atoms with van der Waals surface area (Å²) >= 11 is 6.49. The molecule has 1 aliphatic rings. The van der Waals surface area contributed by atoms with E-state index in [1.165, 1.54) is 17.0 Å². The van der Waals surface area contributed by atoms with Crippen molar-refractivity contribution in [1.29, 1.82) is 0 Å². The number of hydrogen-bond donors (Lipinski definition) is 0. The number of thiocarbonyl (C=S) groups is 1. The molecule has 1 saturated heterocycles. The molecule has 0 unspecified atom stereocenters. The summed E-state index contributed by atoms with van der Waals surface area (Å²) in [5.74, 6) is 0.549. The summed E-state index contributed by atoms with van der Waals surface area (Å²) in [7, 11) is 1.61. The van der Waals surface area contributed by atoms with E-state index < -0.39 is 4.92 Å². The van der Waals surface area contributed by atoms with Gasteiger partial charge in [-0.2, -0.15) is 0 Å². The molecule has 6 nitrogen and oxygen atoms in total. The predicted octanol–water partition coefficient (Wildman–Crippen LogP) is 4.05. The maximum atomic E-state index is 12.7. The molecule has 2 aromatic carbocycles. The van der Waals surface area contributed by atoms with Crippen LogP contribution in [0, 0.1) is 10.1 Å². The van der Waals surface area contributed by atoms with Crippen LogP contribution in [0.25, 0.3) is 6.08 Å². The van der Waals surface area contributed by atoms with E-state index in [1.54, 1.807) is 25.3 Å². The fraction of sp³-hybridized carbons (Fsp3) is 0.158. The number of rotatable bonds is 6. The summed E-state index contributed by atoms with van der Waals surface area (Å²) in [6.45, 7) is 0.450. The zero-order chi connectivity index (χ0) is 19.4. The Balaban J connectivity index is 1.74. The molecule has 0 N–H and O–H groups in total. The fourth-order valence-electron chi connectivity index (χ4n) is 2.64. The largest absolute Gasteiger partial charge is 0.497 e. The minimum absolute atomic E-state index is 0.0407. The molecule has 0 radical (unpaired) electrons. The number of nitro benzene ring substituents is 1. The van der Waals surface area contributed by atoms with Gasteiger partial charge in [-0.05, 0) is 36.3 Å². The van der Waals surface area contributed by atoms with Gasteiger partial charge in [0.25, 0.3) is 11.6 Å². The predicted molar refractivity (Wildman–Crippen MR) is 110 cm³/mol. The number of para-hydroxylation sites is 1. The van der Waals surface area contributed by atoms with Crippen LogP contribution in [0.15, 0.2) is 53.4 Å². The lowest BCUT2D eigenvalue weighted by molar-refractivity contribution is -0.385. The Morgan fingerprint density at radius 3 is 2.59 bits per heavy atom. The monoisotopic (exact) mass is 400 g/mol. The van der Waals surface area contributed by atoms with E-state index >= 15 is 0 Å². The van der Waals surface area contributed by atoms with Crippen molar-refractivity contribution >= 4 is 46.0 Å². The summed E-state index contributed by atoms with van der Waals surface area (Å²) in [6.07, 6.45) is 2.18. The Bertz CT molecular complexity index is 926. The molecule has 2 aromatic rings. The number of amides is 1. The summed E-state index contributed by atoms with van der Waals surface area (Å²) in [5.41, 5.74) is 1.41. The molecule has 1 amide bonds. The van der Waals surface area contributed by atoms with Crippen molar-refractivity contribution in [3.8, 4) is 5.75 Å². The van der Waals surface area contributed by atoms with Crippen molar-refractivity contribution in [1.82, 2.24) is 4.90 Å². The minimum Gasteiger partial charge on any atom is -0.497 e. The third-order valence-corrected chi connectivity index (χ3v) is 5.45. The first kappa shape index (κ1) is 19.1. The van der Waals surface area contributed by atoms with Crippen molar-refractivity contribution in [2.75, 3.05) is 13.7 Å². The summed E-state index contributed by atoms with van der Waals surface area (Å²) < 4.78 is 5.59. The van der Waals surface area contributed by atoms with Crippen molar-refractivity contribution in [3.05, 3.63) is 74.7 Å². The topological polar surface area (TPSA) is 72.7 Å². The molecule has 1 heterocycles. The van der Waals surface area contributed by atoms with Crippen LogP contribution in [0.2, 0.25) is 0 Å². The SMILES string of the molecule is COc1ccc(CCN2C(=O)/C(=C/c3ccccc3[N+](=O)[O-])SC2=S)cc1. The van der Waals surface area contributed by atoms with E-state index in [-0.39, 0.29) is 11.6 Å². The molecule has 8 heteroatoms. The summed E-state index contributed by atoms with van der Waals surface area (Å²) in [6, 6.07) is 13.9. The lowest BCUT2D eigenvalue weighted by Crippen LogP contribution is -2.30. The van der Waals surface area contributed by atoms with Crippen molar-refractivity contribution in [2.24, 2.45) is 0 Å². The highest BCUT2D eigenvalue weighted by molar-refractivity contribution is 8.26. The molecular weight excluding hydrogens is 384 g/mol. The van der Waals surface area contributed by atoms with Crippen LogP contribution in [-0.4, -0.2) is 33.7 Å². The number of carbonyl (C=O) groups is 1. The molecule has 0 aliphatic carbocycles. The smallest absolute Gasteiger partial charge is 0.276 e. The maximum absolute atomic E-state index is 12.7. The quantitative estimate of drug-likeness (QED) is 0.315. The third-order valence-electron chi connectivity index (χ3n) is 4.08. The van der Waals surface area contributed by atoms with Gasteiger partial charge in [0.05, 0.1) is 22.5 Å². The molecule has 138 valence electrons. The minimum atomic E-state index is -0.462. The molecule has 0 bridgehead atoms. The molecule has 0 atom stereocenters. The van der Waals surface area contributed by atoms with Crippen LogP contribution in [-0.2, 0) is 11.2 Å². The van der Waals surface area contributed by atoms with Crippen molar-refractivity contribution < 1.29 is 14.5 Å². The summed E-state index contributed by atoms with van der Waals surface area (Å²) in [4.78, 5) is 25.3. The van der Waals surface area contributed by atoms with E-state index in [9.17, 15) is 14.9 Å².